The third kappa shape index (κ3) is 5.99. The second kappa shape index (κ2) is 8.51. The second-order valence-electron chi connectivity index (χ2n) is 5.50. The van der Waals surface area contributed by atoms with Crippen molar-refractivity contribution in [3.63, 3.8) is 0 Å². The lowest BCUT2D eigenvalue weighted by atomic mass is 10.1. The number of nitrogens with zero attached hydrogens (tertiary/aromatic N) is 1. The quantitative estimate of drug-likeness (QED) is 0.515. The minimum atomic E-state index is -0.337. The molecule has 0 bridgehead atoms. The van der Waals surface area contributed by atoms with Crippen LogP contribution in [0.2, 0.25) is 0 Å². The lowest BCUT2D eigenvalue weighted by Crippen LogP contribution is -2.34. The van der Waals surface area contributed by atoms with Crippen LogP contribution in [-0.2, 0) is 14.4 Å². The van der Waals surface area contributed by atoms with Gasteiger partial charge < -0.3 is 5.32 Å². The molecule has 1 aliphatic heterocycles. The summed E-state index contributed by atoms with van der Waals surface area (Å²) in [6.45, 7) is 5.23. The van der Waals surface area contributed by atoms with Gasteiger partial charge in [-0.2, -0.15) is 0 Å². The summed E-state index contributed by atoms with van der Waals surface area (Å²) in [6.07, 6.45) is 7.14. The molecule has 5 nitrogen and oxygen atoms in total. The number of imide groups is 1. The van der Waals surface area contributed by atoms with E-state index in [2.05, 4.69) is 19.2 Å². The van der Waals surface area contributed by atoms with Gasteiger partial charge in [0.25, 0.3) is 11.8 Å². The molecule has 0 atom stereocenters. The zero-order chi connectivity index (χ0) is 15.0. The van der Waals surface area contributed by atoms with Crippen LogP contribution in [0.5, 0.6) is 0 Å². The van der Waals surface area contributed by atoms with Crippen molar-refractivity contribution in [3.05, 3.63) is 12.2 Å². The van der Waals surface area contributed by atoms with Crippen molar-refractivity contribution in [2.24, 2.45) is 5.92 Å². The highest BCUT2D eigenvalue weighted by atomic mass is 16.2. The minimum Gasteiger partial charge on any atom is -0.356 e. The monoisotopic (exact) mass is 280 g/mol. The molecule has 0 unspecified atom stereocenters. The van der Waals surface area contributed by atoms with E-state index in [1.165, 1.54) is 25.0 Å². The van der Waals surface area contributed by atoms with E-state index in [4.69, 9.17) is 0 Å². The van der Waals surface area contributed by atoms with Gasteiger partial charge in [0, 0.05) is 31.7 Å². The van der Waals surface area contributed by atoms with E-state index in [-0.39, 0.29) is 30.7 Å². The standard InChI is InChI=1S/C15H24N2O3/c1-12(2)6-4-3-5-10-16-13(18)9-11-17-14(19)7-8-15(17)20/h7-8,12H,3-6,9-11H2,1-2H3,(H,16,18). The number of nitrogens with one attached hydrogen (secondary N) is 1. The molecule has 20 heavy (non-hydrogen) atoms. The van der Waals surface area contributed by atoms with Gasteiger partial charge in [0.1, 0.15) is 0 Å². The van der Waals surface area contributed by atoms with Crippen molar-refractivity contribution >= 4 is 17.7 Å². The molecule has 3 amide bonds. The third-order valence-corrected chi connectivity index (χ3v) is 3.24. The predicted molar refractivity (Wildman–Crippen MR) is 76.8 cm³/mol. The molecular formula is C15H24N2O3. The third-order valence-electron chi connectivity index (χ3n) is 3.24. The molecule has 0 aromatic carbocycles. The number of amides is 3. The fourth-order valence-electron chi connectivity index (χ4n) is 2.04. The molecule has 1 heterocycles. The molecule has 1 rings (SSSR count). The van der Waals surface area contributed by atoms with E-state index in [1.54, 1.807) is 0 Å². The van der Waals surface area contributed by atoms with Gasteiger partial charge in [0.15, 0.2) is 0 Å². The van der Waals surface area contributed by atoms with Gasteiger partial charge in [-0.05, 0) is 12.3 Å². The lowest BCUT2D eigenvalue weighted by Gasteiger charge is -2.13. The smallest absolute Gasteiger partial charge is 0.253 e. The highest BCUT2D eigenvalue weighted by Crippen LogP contribution is 2.07. The van der Waals surface area contributed by atoms with Crippen LogP contribution in [0.25, 0.3) is 0 Å². The maximum absolute atomic E-state index is 11.6. The van der Waals surface area contributed by atoms with Crippen molar-refractivity contribution in [2.45, 2.75) is 46.0 Å². The molecule has 0 spiro atoms. The summed E-state index contributed by atoms with van der Waals surface area (Å²) in [4.78, 5) is 35.2. The Morgan fingerprint density at radius 1 is 1.15 bits per heavy atom. The molecule has 1 N–H and O–H groups in total. The summed E-state index contributed by atoms with van der Waals surface area (Å²) in [5.41, 5.74) is 0. The van der Waals surface area contributed by atoms with Crippen molar-refractivity contribution in [3.8, 4) is 0 Å². The van der Waals surface area contributed by atoms with Gasteiger partial charge in [-0.15, -0.1) is 0 Å². The van der Waals surface area contributed by atoms with Crippen molar-refractivity contribution < 1.29 is 14.4 Å². The van der Waals surface area contributed by atoms with Crippen LogP contribution < -0.4 is 5.32 Å². The van der Waals surface area contributed by atoms with E-state index < -0.39 is 0 Å². The summed E-state index contributed by atoms with van der Waals surface area (Å²) < 4.78 is 0. The number of carbonyl (C=O) groups is 3. The Labute approximate surface area is 120 Å². The van der Waals surface area contributed by atoms with E-state index in [1.807, 2.05) is 0 Å². The molecule has 0 aromatic rings. The normalized spacial score (nSPS) is 14.4. The highest BCUT2D eigenvalue weighted by Gasteiger charge is 2.23. The van der Waals surface area contributed by atoms with Crippen LogP contribution in [0.4, 0.5) is 0 Å². The predicted octanol–water partition coefficient (Wildman–Crippen LogP) is 1.63. The van der Waals surface area contributed by atoms with E-state index in [9.17, 15) is 14.4 Å². The van der Waals surface area contributed by atoms with Gasteiger partial charge in [-0.3, -0.25) is 19.3 Å². The van der Waals surface area contributed by atoms with Crippen LogP contribution in [0.3, 0.4) is 0 Å². The SMILES string of the molecule is CC(C)CCCCCNC(=O)CCN1C(=O)C=CC1=O. The highest BCUT2D eigenvalue weighted by molar-refractivity contribution is 6.13. The van der Waals surface area contributed by atoms with Gasteiger partial charge in [-0.25, -0.2) is 0 Å². The van der Waals surface area contributed by atoms with Crippen molar-refractivity contribution in [1.82, 2.24) is 10.2 Å². The van der Waals surface area contributed by atoms with Crippen LogP contribution in [-0.4, -0.2) is 35.7 Å². The zero-order valence-electron chi connectivity index (χ0n) is 12.4. The fourth-order valence-corrected chi connectivity index (χ4v) is 2.04. The van der Waals surface area contributed by atoms with Crippen LogP contribution >= 0.6 is 0 Å². The topological polar surface area (TPSA) is 66.5 Å². The molecule has 112 valence electrons. The average molecular weight is 280 g/mol. The maximum atomic E-state index is 11.6. The van der Waals surface area contributed by atoms with E-state index >= 15 is 0 Å². The summed E-state index contributed by atoms with van der Waals surface area (Å²) in [5, 5.41) is 2.82. The summed E-state index contributed by atoms with van der Waals surface area (Å²) in [7, 11) is 0. The first kappa shape index (κ1) is 16.4. The first-order valence-electron chi connectivity index (χ1n) is 7.31. The van der Waals surface area contributed by atoms with Gasteiger partial charge in [-0.1, -0.05) is 33.1 Å². The zero-order valence-corrected chi connectivity index (χ0v) is 12.4. The maximum Gasteiger partial charge on any atom is 0.253 e. The largest absolute Gasteiger partial charge is 0.356 e. The Balaban J connectivity index is 2.04. The molecule has 0 saturated heterocycles. The molecular weight excluding hydrogens is 256 g/mol. The molecule has 5 heteroatoms. The minimum absolute atomic E-state index is 0.110. The number of rotatable bonds is 9. The Hall–Kier alpha value is -1.65. The average Bonchev–Trinajstić information content (AvgIpc) is 2.70. The first-order valence-corrected chi connectivity index (χ1v) is 7.31. The molecule has 0 aromatic heterocycles. The van der Waals surface area contributed by atoms with Gasteiger partial charge in [0.05, 0.1) is 0 Å². The Morgan fingerprint density at radius 2 is 1.80 bits per heavy atom. The lowest BCUT2D eigenvalue weighted by molar-refractivity contribution is -0.137. The van der Waals surface area contributed by atoms with Crippen LogP contribution in [0.15, 0.2) is 12.2 Å². The second-order valence-corrected chi connectivity index (χ2v) is 5.50. The first-order chi connectivity index (χ1) is 9.50. The van der Waals surface area contributed by atoms with Crippen LogP contribution in [0.1, 0.15) is 46.0 Å². The molecule has 0 radical (unpaired) electrons. The van der Waals surface area contributed by atoms with Crippen molar-refractivity contribution in [2.75, 3.05) is 13.1 Å². The summed E-state index contributed by atoms with van der Waals surface area (Å²) in [6, 6.07) is 0. The Bertz CT molecular complexity index is 371. The number of hydrogen-bond acceptors (Lipinski definition) is 3. The van der Waals surface area contributed by atoms with Gasteiger partial charge in [0.2, 0.25) is 5.91 Å². The molecule has 0 aliphatic carbocycles. The number of unbranched alkanes of at least 4 members (excludes halogenated alkanes) is 2. The number of carbonyl (C=O) groups excluding carboxylic acids is 3. The van der Waals surface area contributed by atoms with E-state index in [0.29, 0.717) is 6.54 Å². The molecule has 1 aliphatic rings. The summed E-state index contributed by atoms with van der Waals surface area (Å²) >= 11 is 0. The fraction of sp³-hybridized carbons (Fsp3) is 0.667. The molecule has 0 saturated carbocycles. The van der Waals surface area contributed by atoms with Crippen LogP contribution in [0, 0.1) is 5.92 Å². The van der Waals surface area contributed by atoms with Gasteiger partial charge >= 0.3 is 0 Å². The van der Waals surface area contributed by atoms with E-state index in [0.717, 1.165) is 23.7 Å². The van der Waals surface area contributed by atoms with Crippen molar-refractivity contribution in [1.29, 1.82) is 0 Å². The Morgan fingerprint density at radius 3 is 2.40 bits per heavy atom. The molecule has 0 fully saturated rings. The number of hydrogen-bond donors (Lipinski definition) is 1. The summed E-state index contributed by atoms with van der Waals surface area (Å²) in [5.74, 6) is -0.0527. The Kier molecular flexibility index (Phi) is 6.98.